The number of ether oxygens (including phenoxy) is 1. The number of hydrogen-bond acceptors (Lipinski definition) is 5. The molecule has 0 saturated carbocycles. The molecule has 0 aliphatic heterocycles. The second-order valence-corrected chi connectivity index (χ2v) is 7.95. The number of rotatable bonds is 5. The maximum absolute atomic E-state index is 6.06. The van der Waals surface area contributed by atoms with Gasteiger partial charge in [-0.05, 0) is 36.4 Å². The fourth-order valence-electron chi connectivity index (χ4n) is 3.96. The van der Waals surface area contributed by atoms with Gasteiger partial charge in [0.1, 0.15) is 18.1 Å². The van der Waals surface area contributed by atoms with E-state index in [0.29, 0.717) is 18.2 Å². The minimum Gasteiger partial charge on any atom is -0.486 e. The van der Waals surface area contributed by atoms with Gasteiger partial charge < -0.3 is 9.72 Å². The summed E-state index contributed by atoms with van der Waals surface area (Å²) in [6, 6.07) is 17.7. The van der Waals surface area contributed by atoms with Crippen molar-refractivity contribution < 1.29 is 4.74 Å². The van der Waals surface area contributed by atoms with Gasteiger partial charge in [-0.15, -0.1) is 5.10 Å². The lowest BCUT2D eigenvalue weighted by molar-refractivity contribution is 0.304. The number of aromatic nitrogens is 6. The van der Waals surface area contributed by atoms with Crippen molar-refractivity contribution in [1.82, 2.24) is 29.9 Å². The van der Waals surface area contributed by atoms with Crippen molar-refractivity contribution in [3.63, 3.8) is 0 Å². The first-order valence-electron chi connectivity index (χ1n) is 10.1. The van der Waals surface area contributed by atoms with Gasteiger partial charge in [-0.2, -0.15) is 0 Å². The molecule has 0 radical (unpaired) electrons. The Hall–Kier alpha value is -3.97. The van der Waals surface area contributed by atoms with Gasteiger partial charge in [0.25, 0.3) is 0 Å². The number of halogens is 1. The van der Waals surface area contributed by atoms with Gasteiger partial charge in [0.2, 0.25) is 0 Å². The highest BCUT2D eigenvalue weighted by molar-refractivity contribution is 6.31. The molecule has 4 heterocycles. The summed E-state index contributed by atoms with van der Waals surface area (Å²) in [5, 5.41) is 12.4. The maximum Gasteiger partial charge on any atom is 0.134 e. The van der Waals surface area contributed by atoms with Crippen LogP contribution in [-0.4, -0.2) is 29.9 Å². The SMILES string of the molecule is Clc1ccc2c(OCc3cn(Cc4nccc5c4[nH]c4ccccc45)nn3)ccnc2c1. The molecule has 1 N–H and O–H groups in total. The molecule has 156 valence electrons. The molecule has 0 aliphatic rings. The van der Waals surface area contributed by atoms with Crippen molar-refractivity contribution in [3.05, 3.63) is 89.6 Å². The third-order valence-corrected chi connectivity index (χ3v) is 5.68. The van der Waals surface area contributed by atoms with Crippen LogP contribution in [0, 0.1) is 0 Å². The first-order valence-corrected chi connectivity index (χ1v) is 10.5. The van der Waals surface area contributed by atoms with Gasteiger partial charge in [-0.3, -0.25) is 9.97 Å². The molecule has 6 aromatic rings. The van der Waals surface area contributed by atoms with E-state index in [0.717, 1.165) is 44.5 Å². The Morgan fingerprint density at radius 3 is 2.81 bits per heavy atom. The summed E-state index contributed by atoms with van der Waals surface area (Å²) in [4.78, 5) is 12.4. The number of para-hydroxylation sites is 1. The van der Waals surface area contributed by atoms with Crippen LogP contribution >= 0.6 is 11.6 Å². The highest BCUT2D eigenvalue weighted by Crippen LogP contribution is 2.28. The van der Waals surface area contributed by atoms with E-state index in [1.54, 1.807) is 10.9 Å². The summed E-state index contributed by atoms with van der Waals surface area (Å²) in [6.45, 7) is 0.805. The van der Waals surface area contributed by atoms with E-state index in [2.05, 4.69) is 37.4 Å². The van der Waals surface area contributed by atoms with E-state index >= 15 is 0 Å². The zero-order chi connectivity index (χ0) is 21.5. The molecule has 0 saturated heterocycles. The van der Waals surface area contributed by atoms with Crippen molar-refractivity contribution in [2.75, 3.05) is 0 Å². The Kier molecular flexibility index (Phi) is 4.47. The van der Waals surface area contributed by atoms with Crippen LogP contribution in [0.1, 0.15) is 11.4 Å². The molecule has 0 amide bonds. The Balaban J connectivity index is 1.23. The van der Waals surface area contributed by atoms with Gasteiger partial charge in [0, 0.05) is 39.1 Å². The number of hydrogen-bond donors (Lipinski definition) is 1. The fraction of sp³-hybridized carbons (Fsp3) is 0.0833. The minimum absolute atomic E-state index is 0.297. The third kappa shape index (κ3) is 3.33. The van der Waals surface area contributed by atoms with Gasteiger partial charge in [0.05, 0.1) is 29.5 Å². The first kappa shape index (κ1) is 18.8. The summed E-state index contributed by atoms with van der Waals surface area (Å²) < 4.78 is 7.77. The molecule has 4 aromatic heterocycles. The van der Waals surface area contributed by atoms with E-state index in [-0.39, 0.29) is 0 Å². The predicted molar refractivity (Wildman–Crippen MR) is 124 cm³/mol. The molecular formula is C24H17ClN6O. The average molecular weight is 441 g/mol. The average Bonchev–Trinajstić information content (AvgIpc) is 3.42. The van der Waals surface area contributed by atoms with Crippen LogP contribution in [0.2, 0.25) is 5.02 Å². The summed E-state index contributed by atoms with van der Waals surface area (Å²) in [5.41, 5.74) is 4.54. The fourth-order valence-corrected chi connectivity index (χ4v) is 4.12. The van der Waals surface area contributed by atoms with E-state index in [4.69, 9.17) is 16.3 Å². The monoisotopic (exact) mass is 440 g/mol. The Bertz CT molecular complexity index is 1590. The molecule has 8 heteroatoms. The number of H-pyrrole nitrogens is 1. The van der Waals surface area contributed by atoms with Crippen molar-refractivity contribution >= 4 is 44.3 Å². The van der Waals surface area contributed by atoms with E-state index in [1.165, 1.54) is 5.39 Å². The van der Waals surface area contributed by atoms with E-state index in [9.17, 15) is 0 Å². The zero-order valence-electron chi connectivity index (χ0n) is 16.9. The topological polar surface area (TPSA) is 81.5 Å². The highest BCUT2D eigenvalue weighted by Gasteiger charge is 2.11. The van der Waals surface area contributed by atoms with E-state index < -0.39 is 0 Å². The quantitative estimate of drug-likeness (QED) is 0.401. The van der Waals surface area contributed by atoms with Crippen LogP contribution in [0.3, 0.4) is 0 Å². The largest absolute Gasteiger partial charge is 0.486 e. The lowest BCUT2D eigenvalue weighted by Gasteiger charge is -2.07. The van der Waals surface area contributed by atoms with Crippen molar-refractivity contribution in [2.24, 2.45) is 0 Å². The summed E-state index contributed by atoms with van der Waals surface area (Å²) in [5.74, 6) is 0.728. The molecule has 0 atom stereocenters. The van der Waals surface area contributed by atoms with Crippen LogP contribution in [0.15, 0.2) is 73.2 Å². The lowest BCUT2D eigenvalue weighted by atomic mass is 10.1. The summed E-state index contributed by atoms with van der Waals surface area (Å²) in [6.07, 6.45) is 5.42. The molecule has 0 unspecified atom stereocenters. The van der Waals surface area contributed by atoms with Crippen molar-refractivity contribution in [2.45, 2.75) is 13.2 Å². The second kappa shape index (κ2) is 7.62. The van der Waals surface area contributed by atoms with Gasteiger partial charge in [-0.25, -0.2) is 4.68 Å². The number of aromatic amines is 1. The molecule has 2 aromatic carbocycles. The standard InChI is InChI=1S/C24H17ClN6O/c25-15-5-6-19-21(11-15)26-10-8-23(19)32-14-16-12-31(30-29-16)13-22-24-18(7-9-27-22)17-3-1-2-4-20(17)28-24/h1-12,28H,13-14H2. The van der Waals surface area contributed by atoms with Crippen molar-refractivity contribution in [1.29, 1.82) is 0 Å². The molecule has 6 rings (SSSR count). The normalized spacial score (nSPS) is 11.5. The number of nitrogens with zero attached hydrogens (tertiary/aromatic N) is 5. The molecule has 0 bridgehead atoms. The summed E-state index contributed by atoms with van der Waals surface area (Å²) >= 11 is 6.06. The van der Waals surface area contributed by atoms with Crippen LogP contribution in [0.4, 0.5) is 0 Å². The molecule has 7 nitrogen and oxygen atoms in total. The van der Waals surface area contributed by atoms with Crippen LogP contribution in [0.5, 0.6) is 5.75 Å². The number of pyridine rings is 2. The van der Waals surface area contributed by atoms with E-state index in [1.807, 2.05) is 54.9 Å². The Morgan fingerprint density at radius 1 is 0.938 bits per heavy atom. The molecule has 0 aliphatic carbocycles. The predicted octanol–water partition coefficient (Wildman–Crippen LogP) is 5.14. The second-order valence-electron chi connectivity index (χ2n) is 7.52. The molecule has 0 spiro atoms. The molecule has 0 fully saturated rings. The third-order valence-electron chi connectivity index (χ3n) is 5.44. The lowest BCUT2D eigenvalue weighted by Crippen LogP contribution is -2.03. The number of benzene rings is 2. The first-order chi connectivity index (χ1) is 15.7. The van der Waals surface area contributed by atoms with Crippen LogP contribution in [-0.2, 0) is 13.2 Å². The van der Waals surface area contributed by atoms with Gasteiger partial charge in [0.15, 0.2) is 0 Å². The smallest absolute Gasteiger partial charge is 0.134 e. The van der Waals surface area contributed by atoms with Crippen molar-refractivity contribution in [3.8, 4) is 5.75 Å². The molecular weight excluding hydrogens is 424 g/mol. The minimum atomic E-state index is 0.297. The van der Waals surface area contributed by atoms with Crippen LogP contribution in [0.25, 0.3) is 32.7 Å². The number of nitrogens with one attached hydrogen (secondary N) is 1. The van der Waals surface area contributed by atoms with Gasteiger partial charge >= 0.3 is 0 Å². The maximum atomic E-state index is 6.06. The van der Waals surface area contributed by atoms with Crippen LogP contribution < -0.4 is 4.74 Å². The Labute approximate surface area is 187 Å². The molecule has 32 heavy (non-hydrogen) atoms. The highest BCUT2D eigenvalue weighted by atomic mass is 35.5. The zero-order valence-corrected chi connectivity index (χ0v) is 17.6. The summed E-state index contributed by atoms with van der Waals surface area (Å²) in [7, 11) is 0. The number of fused-ring (bicyclic) bond motifs is 4. The Morgan fingerprint density at radius 2 is 1.84 bits per heavy atom. The van der Waals surface area contributed by atoms with Gasteiger partial charge in [-0.1, -0.05) is 35.0 Å².